The number of halogens is 6. The van der Waals surface area contributed by atoms with Gasteiger partial charge in [-0.25, -0.2) is 0 Å². The zero-order valence-corrected chi connectivity index (χ0v) is 11.5. The third-order valence-electron chi connectivity index (χ3n) is 3.49. The van der Waals surface area contributed by atoms with Gasteiger partial charge in [0.25, 0.3) is 0 Å². The standard InChI is InChI=1S/C15H12F6N2/c16-14(17,18)13(15(19,20)21,9-3-1-5-11(22)7-9)10-4-2-6-12(23)8-10/h1-8H,22-23H2. The van der Waals surface area contributed by atoms with Crippen LogP contribution in [0.15, 0.2) is 48.5 Å². The van der Waals surface area contributed by atoms with Crippen LogP contribution in [-0.2, 0) is 5.41 Å². The van der Waals surface area contributed by atoms with Gasteiger partial charge in [-0.05, 0) is 35.4 Å². The Kier molecular flexibility index (Phi) is 3.96. The quantitative estimate of drug-likeness (QED) is 0.637. The predicted molar refractivity (Wildman–Crippen MR) is 74.6 cm³/mol. The molecular weight excluding hydrogens is 322 g/mol. The summed E-state index contributed by atoms with van der Waals surface area (Å²) in [5.74, 6) is 0. The highest BCUT2D eigenvalue weighted by molar-refractivity contribution is 5.53. The molecule has 4 N–H and O–H groups in total. The van der Waals surface area contributed by atoms with Crippen molar-refractivity contribution in [1.29, 1.82) is 0 Å². The van der Waals surface area contributed by atoms with Gasteiger partial charge in [-0.1, -0.05) is 24.3 Å². The summed E-state index contributed by atoms with van der Waals surface area (Å²) < 4.78 is 82.2. The normalized spacial score (nSPS) is 13.1. The Hall–Kier alpha value is -2.38. The summed E-state index contributed by atoms with van der Waals surface area (Å²) in [6.45, 7) is 0. The number of alkyl halides is 6. The summed E-state index contributed by atoms with van der Waals surface area (Å²) >= 11 is 0. The largest absolute Gasteiger partial charge is 0.411 e. The predicted octanol–water partition coefficient (Wildman–Crippen LogP) is 4.26. The Morgan fingerprint density at radius 2 is 0.957 bits per heavy atom. The third kappa shape index (κ3) is 2.69. The molecule has 0 saturated heterocycles. The SMILES string of the molecule is Nc1cccc(C(c2cccc(N)c2)(C(F)(F)F)C(F)(F)F)c1. The molecule has 0 radical (unpaired) electrons. The highest BCUT2D eigenvalue weighted by Crippen LogP contribution is 2.56. The molecule has 2 aromatic carbocycles. The molecule has 23 heavy (non-hydrogen) atoms. The van der Waals surface area contributed by atoms with Crippen LogP contribution in [0.2, 0.25) is 0 Å². The monoisotopic (exact) mass is 334 g/mol. The van der Waals surface area contributed by atoms with Gasteiger partial charge in [-0.15, -0.1) is 0 Å². The number of hydrogen-bond acceptors (Lipinski definition) is 2. The molecule has 2 aromatic rings. The zero-order valence-electron chi connectivity index (χ0n) is 11.5. The Balaban J connectivity index is 2.93. The minimum atomic E-state index is -5.65. The van der Waals surface area contributed by atoms with E-state index in [1.807, 2.05) is 0 Å². The van der Waals surface area contributed by atoms with E-state index in [1.165, 1.54) is 12.1 Å². The summed E-state index contributed by atoms with van der Waals surface area (Å²) in [4.78, 5) is 0. The second-order valence-corrected chi connectivity index (χ2v) is 5.00. The van der Waals surface area contributed by atoms with Crippen LogP contribution in [0, 0.1) is 0 Å². The maximum absolute atomic E-state index is 13.7. The highest BCUT2D eigenvalue weighted by atomic mass is 19.4. The minimum absolute atomic E-state index is 0.204. The van der Waals surface area contributed by atoms with E-state index < -0.39 is 28.9 Å². The fraction of sp³-hybridized carbons (Fsp3) is 0.200. The molecule has 0 fully saturated rings. The van der Waals surface area contributed by atoms with E-state index >= 15 is 0 Å². The molecule has 0 heterocycles. The first-order valence-electron chi connectivity index (χ1n) is 6.35. The number of rotatable bonds is 2. The summed E-state index contributed by atoms with van der Waals surface area (Å²) in [5, 5.41) is 0. The van der Waals surface area contributed by atoms with Gasteiger partial charge in [0.15, 0.2) is 0 Å². The van der Waals surface area contributed by atoms with Crippen molar-refractivity contribution in [3.63, 3.8) is 0 Å². The average Bonchev–Trinajstić information content (AvgIpc) is 2.36. The van der Waals surface area contributed by atoms with E-state index in [4.69, 9.17) is 11.5 Å². The van der Waals surface area contributed by atoms with Gasteiger partial charge < -0.3 is 11.5 Å². The van der Waals surface area contributed by atoms with E-state index in [1.54, 1.807) is 0 Å². The summed E-state index contributed by atoms with van der Waals surface area (Å²) in [5.41, 5.74) is 4.13. The van der Waals surface area contributed by atoms with Crippen LogP contribution < -0.4 is 11.5 Å². The Morgan fingerprint density at radius 1 is 0.609 bits per heavy atom. The maximum Gasteiger partial charge on any atom is 0.411 e. The van der Waals surface area contributed by atoms with Crippen LogP contribution in [0.25, 0.3) is 0 Å². The molecule has 0 aromatic heterocycles. The molecule has 0 amide bonds. The highest BCUT2D eigenvalue weighted by Gasteiger charge is 2.72. The number of anilines is 2. The first-order valence-corrected chi connectivity index (χ1v) is 6.35. The number of hydrogen-bond donors (Lipinski definition) is 2. The topological polar surface area (TPSA) is 52.0 Å². The molecule has 8 heteroatoms. The lowest BCUT2D eigenvalue weighted by Gasteiger charge is -2.38. The van der Waals surface area contributed by atoms with Crippen LogP contribution in [-0.4, -0.2) is 12.4 Å². The Morgan fingerprint density at radius 3 is 1.22 bits per heavy atom. The molecule has 0 bridgehead atoms. The molecule has 0 unspecified atom stereocenters. The first-order chi connectivity index (χ1) is 10.5. The molecular formula is C15H12F6N2. The molecule has 0 spiro atoms. The zero-order chi connectivity index (χ0) is 17.5. The van der Waals surface area contributed by atoms with Gasteiger partial charge in [-0.2, -0.15) is 26.3 Å². The Labute approximate surface area is 127 Å². The second-order valence-electron chi connectivity index (χ2n) is 5.00. The fourth-order valence-electron chi connectivity index (χ4n) is 2.53. The summed E-state index contributed by atoms with van der Waals surface area (Å²) in [6.07, 6.45) is -11.3. The van der Waals surface area contributed by atoms with Gasteiger partial charge in [0.05, 0.1) is 0 Å². The van der Waals surface area contributed by atoms with Crippen molar-refractivity contribution >= 4 is 11.4 Å². The lowest BCUT2D eigenvalue weighted by atomic mass is 9.72. The van der Waals surface area contributed by atoms with Crippen LogP contribution in [0.3, 0.4) is 0 Å². The third-order valence-corrected chi connectivity index (χ3v) is 3.49. The maximum atomic E-state index is 13.7. The van der Waals surface area contributed by atoms with Crippen molar-refractivity contribution in [2.45, 2.75) is 17.8 Å². The van der Waals surface area contributed by atoms with Crippen molar-refractivity contribution in [3.05, 3.63) is 59.7 Å². The molecule has 0 saturated carbocycles. The number of nitrogens with two attached hydrogens (primary N) is 2. The van der Waals surface area contributed by atoms with Crippen LogP contribution in [0.4, 0.5) is 37.7 Å². The summed E-state index contributed by atoms with van der Waals surface area (Å²) in [7, 11) is 0. The lowest BCUT2D eigenvalue weighted by Crippen LogP contribution is -2.54. The molecule has 2 rings (SSSR count). The Bertz CT molecular complexity index is 644. The smallest absolute Gasteiger partial charge is 0.399 e. The van der Waals surface area contributed by atoms with Gasteiger partial charge in [-0.3, -0.25) is 0 Å². The minimum Gasteiger partial charge on any atom is -0.399 e. The van der Waals surface area contributed by atoms with Crippen molar-refractivity contribution in [3.8, 4) is 0 Å². The van der Waals surface area contributed by atoms with Gasteiger partial charge in [0, 0.05) is 11.4 Å². The van der Waals surface area contributed by atoms with E-state index in [9.17, 15) is 26.3 Å². The molecule has 0 aliphatic heterocycles. The van der Waals surface area contributed by atoms with Crippen molar-refractivity contribution in [1.82, 2.24) is 0 Å². The van der Waals surface area contributed by atoms with Crippen LogP contribution in [0.1, 0.15) is 11.1 Å². The second kappa shape index (κ2) is 5.36. The fourth-order valence-corrected chi connectivity index (χ4v) is 2.53. The molecule has 124 valence electrons. The van der Waals surface area contributed by atoms with E-state index in [0.29, 0.717) is 12.1 Å². The number of benzene rings is 2. The van der Waals surface area contributed by atoms with E-state index in [-0.39, 0.29) is 11.4 Å². The van der Waals surface area contributed by atoms with Crippen LogP contribution >= 0.6 is 0 Å². The first kappa shape index (κ1) is 17.0. The van der Waals surface area contributed by atoms with E-state index in [2.05, 4.69) is 0 Å². The molecule has 0 aliphatic carbocycles. The van der Waals surface area contributed by atoms with Crippen molar-refractivity contribution < 1.29 is 26.3 Å². The average molecular weight is 334 g/mol. The lowest BCUT2D eigenvalue weighted by molar-refractivity contribution is -0.288. The molecule has 0 atom stereocenters. The van der Waals surface area contributed by atoms with Crippen LogP contribution in [0.5, 0.6) is 0 Å². The number of nitrogen functional groups attached to an aromatic ring is 2. The van der Waals surface area contributed by atoms with Gasteiger partial charge in [0.2, 0.25) is 5.41 Å². The summed E-state index contributed by atoms with van der Waals surface area (Å²) in [6, 6.07) is 7.35. The van der Waals surface area contributed by atoms with Crippen molar-refractivity contribution in [2.24, 2.45) is 0 Å². The van der Waals surface area contributed by atoms with Gasteiger partial charge >= 0.3 is 12.4 Å². The molecule has 0 aliphatic rings. The van der Waals surface area contributed by atoms with Crippen molar-refractivity contribution in [2.75, 3.05) is 11.5 Å². The van der Waals surface area contributed by atoms with E-state index in [0.717, 1.165) is 24.3 Å². The van der Waals surface area contributed by atoms with Gasteiger partial charge in [0.1, 0.15) is 0 Å². The molecule has 2 nitrogen and oxygen atoms in total.